The Hall–Kier alpha value is -1.12. The third-order valence-corrected chi connectivity index (χ3v) is 3.39. The first kappa shape index (κ1) is 13.3. The van der Waals surface area contributed by atoms with Gasteiger partial charge in [0.1, 0.15) is 0 Å². The second-order valence-electron chi connectivity index (χ2n) is 4.24. The van der Waals surface area contributed by atoms with E-state index in [2.05, 4.69) is 15.9 Å². The Balaban J connectivity index is 2.19. The summed E-state index contributed by atoms with van der Waals surface area (Å²) in [5, 5.41) is 0.606. The van der Waals surface area contributed by atoms with Gasteiger partial charge in [0.05, 0.1) is 0 Å². The molecule has 0 spiro atoms. The fourth-order valence-corrected chi connectivity index (χ4v) is 2.34. The summed E-state index contributed by atoms with van der Waals surface area (Å²) in [4.78, 5) is 12.1. The first-order valence-corrected chi connectivity index (χ1v) is 6.76. The fraction of sp³-hybridized carbons (Fsp3) is 0.133. The van der Waals surface area contributed by atoms with Gasteiger partial charge in [-0.2, -0.15) is 0 Å². The van der Waals surface area contributed by atoms with E-state index in [0.29, 0.717) is 17.0 Å². The molecule has 1 nitrogen and oxygen atoms in total. The predicted octanol–water partition coefficient (Wildman–Crippen LogP) is 4.84. The Kier molecular flexibility index (Phi) is 4.20. The molecular formula is C15H12BrClO. The zero-order valence-electron chi connectivity index (χ0n) is 9.91. The molecule has 92 valence electrons. The van der Waals surface area contributed by atoms with Crippen LogP contribution >= 0.6 is 27.5 Å². The van der Waals surface area contributed by atoms with Crippen LogP contribution in [0, 0.1) is 6.92 Å². The first-order chi connectivity index (χ1) is 8.54. The van der Waals surface area contributed by atoms with E-state index in [4.69, 9.17) is 11.6 Å². The lowest BCUT2D eigenvalue weighted by Crippen LogP contribution is -2.03. The number of benzene rings is 2. The smallest absolute Gasteiger partial charge is 0.167 e. The van der Waals surface area contributed by atoms with Crippen molar-refractivity contribution in [2.45, 2.75) is 13.3 Å². The van der Waals surface area contributed by atoms with Gasteiger partial charge in [-0.15, -0.1) is 0 Å². The number of aryl methyl sites for hydroxylation is 1. The van der Waals surface area contributed by atoms with Crippen molar-refractivity contribution in [2.24, 2.45) is 0 Å². The van der Waals surface area contributed by atoms with Crippen LogP contribution in [0.1, 0.15) is 21.5 Å². The van der Waals surface area contributed by atoms with Gasteiger partial charge in [-0.1, -0.05) is 39.7 Å². The molecule has 0 fully saturated rings. The lowest BCUT2D eigenvalue weighted by atomic mass is 10.0. The second kappa shape index (κ2) is 5.68. The quantitative estimate of drug-likeness (QED) is 0.739. The zero-order chi connectivity index (χ0) is 13.1. The van der Waals surface area contributed by atoms with Crippen molar-refractivity contribution in [2.75, 3.05) is 0 Å². The van der Waals surface area contributed by atoms with Crippen LogP contribution in [0.5, 0.6) is 0 Å². The molecule has 0 N–H and O–H groups in total. The lowest BCUT2D eigenvalue weighted by Gasteiger charge is -2.04. The molecule has 2 aromatic rings. The van der Waals surface area contributed by atoms with Gasteiger partial charge in [0.25, 0.3) is 0 Å². The van der Waals surface area contributed by atoms with Crippen LogP contribution in [0.15, 0.2) is 46.9 Å². The molecule has 0 aliphatic carbocycles. The largest absolute Gasteiger partial charge is 0.294 e. The van der Waals surface area contributed by atoms with Gasteiger partial charge in [0, 0.05) is 21.5 Å². The maximum Gasteiger partial charge on any atom is 0.167 e. The number of carbonyl (C=O) groups excluding carboxylic acids is 1. The van der Waals surface area contributed by atoms with E-state index in [0.717, 1.165) is 15.6 Å². The molecule has 0 unspecified atom stereocenters. The van der Waals surface area contributed by atoms with Crippen molar-refractivity contribution in [3.8, 4) is 0 Å². The molecule has 0 aliphatic heterocycles. The van der Waals surface area contributed by atoms with Gasteiger partial charge in [-0.25, -0.2) is 0 Å². The molecule has 0 atom stereocenters. The molecule has 0 saturated heterocycles. The standard InChI is InChI=1S/C15H12BrClO/c1-10-6-12(9-14(17)7-10)15(18)8-11-2-4-13(16)5-3-11/h2-7,9H,8H2,1H3. The predicted molar refractivity (Wildman–Crippen MR) is 78.4 cm³/mol. The Morgan fingerprint density at radius 3 is 2.44 bits per heavy atom. The number of carbonyl (C=O) groups is 1. The Morgan fingerprint density at radius 1 is 1.17 bits per heavy atom. The molecule has 2 aromatic carbocycles. The first-order valence-electron chi connectivity index (χ1n) is 5.59. The Labute approximate surface area is 120 Å². The molecule has 0 bridgehead atoms. The molecule has 0 saturated carbocycles. The van der Waals surface area contributed by atoms with Gasteiger partial charge >= 0.3 is 0 Å². The van der Waals surface area contributed by atoms with Crippen molar-refractivity contribution in [1.29, 1.82) is 0 Å². The van der Waals surface area contributed by atoms with Crippen LogP contribution in [-0.2, 0) is 6.42 Å². The van der Waals surface area contributed by atoms with E-state index in [1.54, 1.807) is 6.07 Å². The molecule has 2 rings (SSSR count). The van der Waals surface area contributed by atoms with Gasteiger partial charge in [-0.3, -0.25) is 4.79 Å². The van der Waals surface area contributed by atoms with Crippen LogP contribution < -0.4 is 0 Å². The van der Waals surface area contributed by atoms with Crippen LogP contribution in [0.2, 0.25) is 5.02 Å². The van der Waals surface area contributed by atoms with Gasteiger partial charge in [0.15, 0.2) is 5.78 Å². The summed E-state index contributed by atoms with van der Waals surface area (Å²) in [7, 11) is 0. The minimum atomic E-state index is 0.0860. The number of ketones is 1. The minimum Gasteiger partial charge on any atom is -0.294 e. The van der Waals surface area contributed by atoms with E-state index in [-0.39, 0.29) is 5.78 Å². The summed E-state index contributed by atoms with van der Waals surface area (Å²) in [6, 6.07) is 13.2. The molecule has 3 heteroatoms. The van der Waals surface area contributed by atoms with Crippen LogP contribution in [0.4, 0.5) is 0 Å². The molecule has 0 heterocycles. The van der Waals surface area contributed by atoms with Crippen LogP contribution in [-0.4, -0.2) is 5.78 Å². The Bertz CT molecular complexity index is 555. The Morgan fingerprint density at radius 2 is 1.83 bits per heavy atom. The highest BCUT2D eigenvalue weighted by Gasteiger charge is 2.08. The molecule has 18 heavy (non-hydrogen) atoms. The van der Waals surface area contributed by atoms with E-state index >= 15 is 0 Å². The number of halogens is 2. The van der Waals surface area contributed by atoms with E-state index < -0.39 is 0 Å². The number of rotatable bonds is 3. The highest BCUT2D eigenvalue weighted by atomic mass is 79.9. The third kappa shape index (κ3) is 3.44. The molecule has 0 aliphatic rings. The third-order valence-electron chi connectivity index (χ3n) is 2.64. The topological polar surface area (TPSA) is 17.1 Å². The van der Waals surface area contributed by atoms with Gasteiger partial charge in [-0.05, 0) is 48.4 Å². The SMILES string of the molecule is Cc1cc(Cl)cc(C(=O)Cc2ccc(Br)cc2)c1. The monoisotopic (exact) mass is 322 g/mol. The van der Waals surface area contributed by atoms with Gasteiger partial charge < -0.3 is 0 Å². The van der Waals surface area contributed by atoms with E-state index in [9.17, 15) is 4.79 Å². The lowest BCUT2D eigenvalue weighted by molar-refractivity contribution is 0.0993. The summed E-state index contributed by atoms with van der Waals surface area (Å²) in [5.41, 5.74) is 2.67. The minimum absolute atomic E-state index is 0.0860. The fourth-order valence-electron chi connectivity index (χ4n) is 1.79. The normalized spacial score (nSPS) is 10.4. The number of hydrogen-bond donors (Lipinski definition) is 0. The highest BCUT2D eigenvalue weighted by Crippen LogP contribution is 2.17. The van der Waals surface area contributed by atoms with E-state index in [1.807, 2.05) is 43.3 Å². The summed E-state index contributed by atoms with van der Waals surface area (Å²) in [6.45, 7) is 1.93. The average molecular weight is 324 g/mol. The van der Waals surface area contributed by atoms with Crippen molar-refractivity contribution in [3.63, 3.8) is 0 Å². The van der Waals surface area contributed by atoms with Crippen molar-refractivity contribution in [3.05, 3.63) is 68.7 Å². The maximum absolute atomic E-state index is 12.1. The van der Waals surface area contributed by atoms with Crippen molar-refractivity contribution < 1.29 is 4.79 Å². The summed E-state index contributed by atoms with van der Waals surface area (Å²) >= 11 is 9.33. The summed E-state index contributed by atoms with van der Waals surface area (Å²) in [5.74, 6) is 0.0860. The molecule has 0 amide bonds. The second-order valence-corrected chi connectivity index (χ2v) is 5.60. The molecule has 0 radical (unpaired) electrons. The molecular weight excluding hydrogens is 312 g/mol. The van der Waals surface area contributed by atoms with Gasteiger partial charge in [0.2, 0.25) is 0 Å². The van der Waals surface area contributed by atoms with E-state index in [1.165, 1.54) is 0 Å². The summed E-state index contributed by atoms with van der Waals surface area (Å²) in [6.07, 6.45) is 0.396. The van der Waals surface area contributed by atoms with Crippen molar-refractivity contribution >= 4 is 33.3 Å². The molecule has 0 aromatic heterocycles. The maximum atomic E-state index is 12.1. The summed E-state index contributed by atoms with van der Waals surface area (Å²) < 4.78 is 1.01. The van der Waals surface area contributed by atoms with Crippen molar-refractivity contribution in [1.82, 2.24) is 0 Å². The van der Waals surface area contributed by atoms with Crippen LogP contribution in [0.3, 0.4) is 0 Å². The zero-order valence-corrected chi connectivity index (χ0v) is 12.3. The highest BCUT2D eigenvalue weighted by molar-refractivity contribution is 9.10. The number of hydrogen-bond acceptors (Lipinski definition) is 1. The van der Waals surface area contributed by atoms with Crippen LogP contribution in [0.25, 0.3) is 0 Å². The number of Topliss-reactive ketones (excluding diaryl/α,β-unsaturated/α-hetero) is 1. The average Bonchev–Trinajstić information content (AvgIpc) is 2.31.